The maximum Gasteiger partial charge on any atom is 0.267 e. The highest BCUT2D eigenvalue weighted by atomic mass is 32.2. The van der Waals surface area contributed by atoms with E-state index in [9.17, 15) is 13.2 Å². The van der Waals surface area contributed by atoms with Crippen molar-refractivity contribution in [2.75, 3.05) is 0 Å². The summed E-state index contributed by atoms with van der Waals surface area (Å²) in [5, 5.41) is 9.01. The standard InChI is InChI=1S/C18H23N7O3S/c1-12-9-13(2)24(21-12)16-7-8-18(26)25(22-16)15-5-3-14(4-6-15)23-29(27,28)17-10-19-11-20-17/h7-11,14-15,23H,3-6H2,1-2H3,(H,19,20). The van der Waals surface area contributed by atoms with Gasteiger partial charge in [0.25, 0.3) is 15.6 Å². The number of nitrogens with zero attached hydrogens (tertiary/aromatic N) is 5. The van der Waals surface area contributed by atoms with Crippen LogP contribution < -0.4 is 10.3 Å². The predicted octanol–water partition coefficient (Wildman–Crippen LogP) is 1.23. The molecule has 0 bridgehead atoms. The summed E-state index contributed by atoms with van der Waals surface area (Å²) in [6, 6.07) is 4.87. The minimum atomic E-state index is -3.62. The van der Waals surface area contributed by atoms with Crippen molar-refractivity contribution < 1.29 is 8.42 Å². The van der Waals surface area contributed by atoms with Crippen LogP contribution >= 0.6 is 0 Å². The summed E-state index contributed by atoms with van der Waals surface area (Å²) in [5.41, 5.74) is 1.65. The summed E-state index contributed by atoms with van der Waals surface area (Å²) in [7, 11) is -3.62. The SMILES string of the molecule is Cc1cc(C)n(-c2ccc(=O)n(C3CCC(NS(=O)(=O)c4cnc[nH]4)CC3)n2)n1. The first kappa shape index (κ1) is 19.5. The number of aryl methyl sites for hydroxylation is 2. The molecule has 10 nitrogen and oxygen atoms in total. The highest BCUT2D eigenvalue weighted by Crippen LogP contribution is 2.28. The molecule has 0 radical (unpaired) electrons. The lowest BCUT2D eigenvalue weighted by molar-refractivity contribution is 0.284. The van der Waals surface area contributed by atoms with Crippen molar-refractivity contribution in [1.82, 2.24) is 34.3 Å². The number of hydrogen-bond donors (Lipinski definition) is 2. The zero-order valence-corrected chi connectivity index (χ0v) is 17.1. The molecule has 11 heteroatoms. The van der Waals surface area contributed by atoms with Crippen LogP contribution in [0.3, 0.4) is 0 Å². The zero-order chi connectivity index (χ0) is 20.6. The maximum absolute atomic E-state index is 12.4. The molecule has 3 aromatic heterocycles. The molecular weight excluding hydrogens is 394 g/mol. The Morgan fingerprint density at radius 3 is 2.52 bits per heavy atom. The van der Waals surface area contributed by atoms with Gasteiger partial charge in [0.1, 0.15) is 0 Å². The number of aromatic nitrogens is 6. The van der Waals surface area contributed by atoms with Crippen molar-refractivity contribution >= 4 is 10.0 Å². The van der Waals surface area contributed by atoms with Gasteiger partial charge in [-0.05, 0) is 51.7 Å². The van der Waals surface area contributed by atoms with Crippen molar-refractivity contribution in [3.8, 4) is 5.82 Å². The van der Waals surface area contributed by atoms with Crippen LogP contribution in [-0.4, -0.2) is 44.0 Å². The van der Waals surface area contributed by atoms with Crippen molar-refractivity contribution in [1.29, 1.82) is 0 Å². The van der Waals surface area contributed by atoms with E-state index in [-0.39, 0.29) is 22.7 Å². The topological polar surface area (TPSA) is 128 Å². The fourth-order valence-electron chi connectivity index (χ4n) is 3.76. The Balaban J connectivity index is 1.48. The molecule has 0 saturated heterocycles. The minimum Gasteiger partial charge on any atom is -0.335 e. The highest BCUT2D eigenvalue weighted by Gasteiger charge is 2.28. The van der Waals surface area contributed by atoms with Crippen LogP contribution in [0.5, 0.6) is 0 Å². The van der Waals surface area contributed by atoms with E-state index < -0.39 is 10.0 Å². The van der Waals surface area contributed by atoms with Gasteiger partial charge in [-0.2, -0.15) is 5.10 Å². The first-order chi connectivity index (χ1) is 13.8. The molecule has 0 aliphatic heterocycles. The van der Waals surface area contributed by atoms with Gasteiger partial charge in [-0.1, -0.05) is 0 Å². The van der Waals surface area contributed by atoms with E-state index in [0.717, 1.165) is 11.4 Å². The second-order valence-electron chi connectivity index (χ2n) is 7.36. The monoisotopic (exact) mass is 417 g/mol. The number of sulfonamides is 1. The molecule has 1 aliphatic carbocycles. The first-order valence-corrected chi connectivity index (χ1v) is 11.0. The molecular formula is C18H23N7O3S. The lowest BCUT2D eigenvalue weighted by atomic mass is 9.92. The second-order valence-corrected chi connectivity index (χ2v) is 9.04. The average Bonchev–Trinajstić information content (AvgIpc) is 3.33. The van der Waals surface area contributed by atoms with Gasteiger partial charge >= 0.3 is 0 Å². The van der Waals surface area contributed by atoms with E-state index >= 15 is 0 Å². The Kier molecular flexibility index (Phi) is 5.09. The van der Waals surface area contributed by atoms with Gasteiger partial charge in [-0.15, -0.1) is 5.10 Å². The smallest absolute Gasteiger partial charge is 0.267 e. The minimum absolute atomic E-state index is 0.0510. The predicted molar refractivity (Wildman–Crippen MR) is 105 cm³/mol. The second kappa shape index (κ2) is 7.56. The molecule has 0 unspecified atom stereocenters. The molecule has 4 rings (SSSR count). The largest absolute Gasteiger partial charge is 0.335 e. The Morgan fingerprint density at radius 2 is 1.90 bits per heavy atom. The molecule has 3 heterocycles. The van der Waals surface area contributed by atoms with Crippen molar-refractivity contribution in [2.45, 2.75) is 56.6 Å². The van der Waals surface area contributed by atoms with Gasteiger partial charge in [0, 0.05) is 17.8 Å². The molecule has 29 heavy (non-hydrogen) atoms. The molecule has 0 atom stereocenters. The molecule has 154 valence electrons. The third-order valence-corrected chi connectivity index (χ3v) is 6.61. The van der Waals surface area contributed by atoms with E-state index in [1.54, 1.807) is 10.7 Å². The Labute approximate surface area is 168 Å². The van der Waals surface area contributed by atoms with Crippen LogP contribution in [0.4, 0.5) is 0 Å². The highest BCUT2D eigenvalue weighted by molar-refractivity contribution is 7.89. The van der Waals surface area contributed by atoms with Crippen LogP contribution in [0, 0.1) is 13.8 Å². The van der Waals surface area contributed by atoms with E-state index in [0.29, 0.717) is 31.5 Å². The normalized spacial score (nSPS) is 20.1. The molecule has 3 aromatic rings. The molecule has 2 N–H and O–H groups in total. The van der Waals surface area contributed by atoms with Gasteiger partial charge < -0.3 is 4.98 Å². The summed E-state index contributed by atoms with van der Waals surface area (Å²) in [4.78, 5) is 18.8. The lowest BCUT2D eigenvalue weighted by Gasteiger charge is -2.29. The zero-order valence-electron chi connectivity index (χ0n) is 16.2. The van der Waals surface area contributed by atoms with Crippen molar-refractivity contribution in [3.63, 3.8) is 0 Å². The van der Waals surface area contributed by atoms with Gasteiger partial charge in [-0.25, -0.2) is 27.5 Å². The quantitative estimate of drug-likeness (QED) is 0.643. The average molecular weight is 417 g/mol. The Morgan fingerprint density at radius 1 is 1.14 bits per heavy atom. The fourth-order valence-corrected chi connectivity index (χ4v) is 4.97. The first-order valence-electron chi connectivity index (χ1n) is 9.48. The van der Waals surface area contributed by atoms with Crippen molar-refractivity contribution in [3.05, 3.63) is 52.5 Å². The van der Waals surface area contributed by atoms with Gasteiger partial charge in [0.15, 0.2) is 10.8 Å². The van der Waals surface area contributed by atoms with E-state index in [1.807, 2.05) is 19.9 Å². The molecule has 0 spiro atoms. The van der Waals surface area contributed by atoms with Gasteiger partial charge in [0.05, 0.1) is 24.3 Å². The van der Waals surface area contributed by atoms with E-state index in [4.69, 9.17) is 0 Å². The third-order valence-electron chi connectivity index (χ3n) is 5.16. The molecule has 1 aliphatic rings. The summed E-state index contributed by atoms with van der Waals surface area (Å²) in [6.45, 7) is 3.85. The van der Waals surface area contributed by atoms with Crippen LogP contribution in [0.2, 0.25) is 0 Å². The van der Waals surface area contributed by atoms with Crippen LogP contribution in [0.25, 0.3) is 5.82 Å². The fraction of sp³-hybridized carbons (Fsp3) is 0.444. The molecule has 1 saturated carbocycles. The molecule has 0 aromatic carbocycles. The van der Waals surface area contributed by atoms with Crippen molar-refractivity contribution in [2.24, 2.45) is 0 Å². The van der Waals surface area contributed by atoms with E-state index in [1.165, 1.54) is 23.3 Å². The number of rotatable bonds is 5. The summed E-state index contributed by atoms with van der Waals surface area (Å²) < 4.78 is 30.6. The van der Waals surface area contributed by atoms with E-state index in [2.05, 4.69) is 24.9 Å². The number of imidazole rings is 1. The number of H-pyrrole nitrogens is 1. The number of hydrogen-bond acceptors (Lipinski definition) is 6. The molecule has 0 amide bonds. The summed E-state index contributed by atoms with van der Waals surface area (Å²) >= 11 is 0. The summed E-state index contributed by atoms with van der Waals surface area (Å²) in [6.07, 6.45) is 5.17. The maximum atomic E-state index is 12.4. The number of nitrogens with one attached hydrogen (secondary N) is 2. The lowest BCUT2D eigenvalue weighted by Crippen LogP contribution is -2.39. The Hall–Kier alpha value is -2.79. The van der Waals surface area contributed by atoms with Crippen LogP contribution in [0.1, 0.15) is 43.1 Å². The third kappa shape index (κ3) is 4.01. The molecule has 1 fully saturated rings. The van der Waals surface area contributed by atoms with Crippen LogP contribution in [0.15, 0.2) is 40.5 Å². The summed E-state index contributed by atoms with van der Waals surface area (Å²) in [5.74, 6) is 0.595. The Bertz CT molecular complexity index is 1160. The van der Waals surface area contributed by atoms with Gasteiger partial charge in [-0.3, -0.25) is 4.79 Å². The number of aromatic amines is 1. The van der Waals surface area contributed by atoms with Crippen LogP contribution in [-0.2, 0) is 10.0 Å². The van der Waals surface area contributed by atoms with Gasteiger partial charge in [0.2, 0.25) is 0 Å².